The molecule has 6 heteroatoms. The first-order valence-electron chi connectivity index (χ1n) is 10.9. The van der Waals surface area contributed by atoms with Crippen LogP contribution in [0.1, 0.15) is 47.5 Å². The van der Waals surface area contributed by atoms with E-state index in [-0.39, 0.29) is 23.6 Å². The molecule has 0 N–H and O–H groups in total. The van der Waals surface area contributed by atoms with Gasteiger partial charge >= 0.3 is 0 Å². The number of rotatable bonds is 5. The Morgan fingerprint density at radius 3 is 2.58 bits per heavy atom. The molecular weight excluding hydrogens is 408 g/mol. The van der Waals surface area contributed by atoms with E-state index in [0.717, 1.165) is 35.2 Å². The molecular formula is C25H26N2O3S. The predicted molar refractivity (Wildman–Crippen MR) is 122 cm³/mol. The van der Waals surface area contributed by atoms with E-state index in [2.05, 4.69) is 24.0 Å². The highest BCUT2D eigenvalue weighted by atomic mass is 32.1. The van der Waals surface area contributed by atoms with Crippen molar-refractivity contribution in [1.29, 1.82) is 0 Å². The molecule has 0 saturated carbocycles. The molecule has 3 aliphatic rings. The number of ketones is 1. The van der Waals surface area contributed by atoms with Gasteiger partial charge in [-0.25, -0.2) is 0 Å². The number of Topliss-reactive ketones (excluding diaryl/α,β-unsaturated/α-hetero) is 1. The van der Waals surface area contributed by atoms with Crippen LogP contribution in [0.25, 0.3) is 5.57 Å². The number of hydrogen-bond donors (Lipinski definition) is 0. The predicted octanol–water partition coefficient (Wildman–Crippen LogP) is 4.31. The van der Waals surface area contributed by atoms with Gasteiger partial charge in [-0.05, 0) is 49.4 Å². The topological polar surface area (TPSA) is 57.7 Å². The van der Waals surface area contributed by atoms with Gasteiger partial charge in [0.25, 0.3) is 0 Å². The Bertz CT molecular complexity index is 1100. The van der Waals surface area contributed by atoms with Crippen LogP contribution in [0.5, 0.6) is 0 Å². The molecule has 4 atom stereocenters. The van der Waals surface area contributed by atoms with Crippen LogP contribution in [0.4, 0.5) is 5.69 Å². The average Bonchev–Trinajstić information content (AvgIpc) is 3.44. The number of allylic oxidation sites excluding steroid dienone is 1. The number of aryl methyl sites for hydroxylation is 1. The summed E-state index contributed by atoms with van der Waals surface area (Å²) in [6, 6.07) is 8.91. The Hall–Kier alpha value is -2.73. The zero-order valence-electron chi connectivity index (χ0n) is 18.0. The number of amides is 2. The maximum Gasteiger partial charge on any atom is 0.235 e. The number of carbonyl (C=O) groups excluding carboxylic acids is 3. The summed E-state index contributed by atoms with van der Waals surface area (Å²) in [7, 11) is 0. The quantitative estimate of drug-likeness (QED) is 0.520. The molecule has 0 spiro atoms. The van der Waals surface area contributed by atoms with Gasteiger partial charge < -0.3 is 4.90 Å². The van der Waals surface area contributed by atoms with Gasteiger partial charge in [-0.15, -0.1) is 11.3 Å². The first-order chi connectivity index (χ1) is 14.9. The fraction of sp³-hybridized carbons (Fsp3) is 0.400. The number of hydrogen-bond acceptors (Lipinski definition) is 5. The lowest BCUT2D eigenvalue weighted by atomic mass is 9.86. The molecule has 5 rings (SSSR count). The van der Waals surface area contributed by atoms with E-state index < -0.39 is 17.9 Å². The van der Waals surface area contributed by atoms with E-state index >= 15 is 0 Å². The standard InChI is InChI=1S/C25H26N2O3S/c1-4-5-10-26-24(29)20-18-13-15(3)16-12-14(2)8-9-17(16)27(18)22(21(20)25(26)30)23(28)19-7-6-11-31-19/h6-9,11-13,18,20-22H,4-5,10H2,1-3H3/t18-,20+,21-,22+/m1/s1. The van der Waals surface area contributed by atoms with E-state index in [4.69, 9.17) is 0 Å². The van der Waals surface area contributed by atoms with Crippen LogP contribution in [0.15, 0.2) is 41.8 Å². The molecule has 2 saturated heterocycles. The van der Waals surface area contributed by atoms with Crippen LogP contribution in [0, 0.1) is 18.8 Å². The average molecular weight is 435 g/mol. The first kappa shape index (κ1) is 20.2. The molecule has 31 heavy (non-hydrogen) atoms. The molecule has 2 amide bonds. The van der Waals surface area contributed by atoms with Crippen LogP contribution in [-0.4, -0.2) is 41.1 Å². The minimum Gasteiger partial charge on any atom is -0.352 e. The van der Waals surface area contributed by atoms with Gasteiger partial charge in [-0.2, -0.15) is 0 Å². The lowest BCUT2D eigenvalue weighted by molar-refractivity contribution is -0.140. The summed E-state index contributed by atoms with van der Waals surface area (Å²) in [5.74, 6) is -1.53. The summed E-state index contributed by atoms with van der Waals surface area (Å²) in [4.78, 5) is 44.7. The van der Waals surface area contributed by atoms with E-state index in [1.165, 1.54) is 16.2 Å². The number of carbonyl (C=O) groups is 3. The number of nitrogens with zero attached hydrogens (tertiary/aromatic N) is 2. The number of likely N-dealkylation sites (tertiary alicyclic amines) is 1. The Labute approximate surface area is 186 Å². The fourth-order valence-electron chi connectivity index (χ4n) is 5.42. The van der Waals surface area contributed by atoms with Crippen molar-refractivity contribution in [2.24, 2.45) is 11.8 Å². The van der Waals surface area contributed by atoms with Crippen molar-refractivity contribution < 1.29 is 14.4 Å². The van der Waals surface area contributed by atoms with Gasteiger partial charge in [0, 0.05) is 17.8 Å². The third kappa shape index (κ3) is 2.92. The maximum absolute atomic E-state index is 13.7. The van der Waals surface area contributed by atoms with Crippen molar-refractivity contribution in [2.75, 3.05) is 11.4 Å². The molecule has 1 aromatic heterocycles. The van der Waals surface area contributed by atoms with Crippen molar-refractivity contribution in [3.05, 3.63) is 57.8 Å². The second-order valence-corrected chi connectivity index (χ2v) is 9.74. The molecule has 3 aliphatic heterocycles. The summed E-state index contributed by atoms with van der Waals surface area (Å²) in [6.07, 6.45) is 3.78. The van der Waals surface area contributed by atoms with Gasteiger partial charge in [-0.3, -0.25) is 19.3 Å². The highest BCUT2D eigenvalue weighted by Gasteiger charge is 2.64. The number of fused-ring (bicyclic) bond motifs is 5. The molecule has 2 fully saturated rings. The second kappa shape index (κ2) is 7.45. The lowest BCUT2D eigenvalue weighted by Gasteiger charge is -2.38. The third-order valence-corrected chi connectivity index (χ3v) is 7.75. The monoisotopic (exact) mass is 434 g/mol. The smallest absolute Gasteiger partial charge is 0.235 e. The van der Waals surface area contributed by atoms with Crippen LogP contribution in [0.2, 0.25) is 0 Å². The molecule has 0 radical (unpaired) electrons. The lowest BCUT2D eigenvalue weighted by Crippen LogP contribution is -2.49. The molecule has 0 unspecified atom stereocenters. The summed E-state index contributed by atoms with van der Waals surface area (Å²) < 4.78 is 0. The summed E-state index contributed by atoms with van der Waals surface area (Å²) in [5.41, 5.74) is 4.25. The molecule has 1 aromatic carbocycles. The first-order valence-corrected chi connectivity index (χ1v) is 11.8. The molecule has 5 nitrogen and oxygen atoms in total. The fourth-order valence-corrected chi connectivity index (χ4v) is 6.12. The Kier molecular flexibility index (Phi) is 4.85. The summed E-state index contributed by atoms with van der Waals surface area (Å²) in [6.45, 7) is 6.58. The van der Waals surface area contributed by atoms with Gasteiger partial charge in [0.05, 0.1) is 22.8 Å². The molecule has 4 heterocycles. The van der Waals surface area contributed by atoms with Crippen molar-refractivity contribution in [2.45, 2.75) is 45.7 Å². The third-order valence-electron chi connectivity index (χ3n) is 6.86. The van der Waals surface area contributed by atoms with Crippen LogP contribution >= 0.6 is 11.3 Å². The van der Waals surface area contributed by atoms with Gasteiger partial charge in [0.15, 0.2) is 5.78 Å². The number of anilines is 1. The zero-order chi connectivity index (χ0) is 21.9. The largest absolute Gasteiger partial charge is 0.352 e. The summed E-state index contributed by atoms with van der Waals surface area (Å²) >= 11 is 1.39. The van der Waals surface area contributed by atoms with Gasteiger partial charge in [0.1, 0.15) is 6.04 Å². The number of benzene rings is 1. The van der Waals surface area contributed by atoms with Crippen LogP contribution in [-0.2, 0) is 9.59 Å². The van der Waals surface area contributed by atoms with E-state index in [1.54, 1.807) is 0 Å². The van der Waals surface area contributed by atoms with Crippen molar-refractivity contribution >= 4 is 40.2 Å². The number of unbranched alkanes of at least 4 members (excludes halogenated alkanes) is 1. The van der Waals surface area contributed by atoms with Crippen molar-refractivity contribution in [1.82, 2.24) is 4.90 Å². The van der Waals surface area contributed by atoms with Crippen molar-refractivity contribution in [3.63, 3.8) is 0 Å². The number of imide groups is 1. The van der Waals surface area contributed by atoms with E-state index in [1.807, 2.05) is 43.5 Å². The second-order valence-electron chi connectivity index (χ2n) is 8.79. The minimum atomic E-state index is -0.664. The normalized spacial score (nSPS) is 26.6. The number of thiophene rings is 1. The Balaban J connectivity index is 1.66. The van der Waals surface area contributed by atoms with Crippen LogP contribution < -0.4 is 4.90 Å². The van der Waals surface area contributed by atoms with Crippen LogP contribution in [0.3, 0.4) is 0 Å². The SMILES string of the molecule is CCCCN1C(=O)[C@@H]2[C@@H](C1=O)[C@@H](C(=O)c1cccs1)N1c3ccc(C)cc3C(C)=C[C@H]21. The minimum absolute atomic E-state index is 0.0644. The maximum atomic E-state index is 13.7. The van der Waals surface area contributed by atoms with E-state index in [0.29, 0.717) is 11.4 Å². The van der Waals surface area contributed by atoms with Gasteiger partial charge in [-0.1, -0.05) is 37.1 Å². The summed E-state index contributed by atoms with van der Waals surface area (Å²) in [5, 5.41) is 1.88. The van der Waals surface area contributed by atoms with E-state index in [9.17, 15) is 14.4 Å². The Morgan fingerprint density at radius 2 is 1.87 bits per heavy atom. The highest BCUT2D eigenvalue weighted by Crippen LogP contribution is 2.50. The molecule has 160 valence electrons. The Morgan fingerprint density at radius 1 is 1.10 bits per heavy atom. The van der Waals surface area contributed by atoms with Crippen molar-refractivity contribution in [3.8, 4) is 0 Å². The molecule has 0 bridgehead atoms. The zero-order valence-corrected chi connectivity index (χ0v) is 18.8. The highest BCUT2D eigenvalue weighted by molar-refractivity contribution is 7.12. The molecule has 0 aliphatic carbocycles. The molecule has 2 aromatic rings. The van der Waals surface area contributed by atoms with Gasteiger partial charge in [0.2, 0.25) is 11.8 Å².